The molecular formula is C15H14N2OS. The quantitative estimate of drug-likeness (QED) is 0.776. The first-order valence-corrected chi connectivity index (χ1v) is 6.93. The SMILES string of the molecule is Cc1nc(C)c(C(O)c2cccc3ccncc23)s1. The monoisotopic (exact) mass is 270 g/mol. The number of aromatic nitrogens is 2. The van der Waals surface area contributed by atoms with E-state index >= 15 is 0 Å². The Morgan fingerprint density at radius 2 is 2.05 bits per heavy atom. The van der Waals surface area contributed by atoms with E-state index in [0.29, 0.717) is 0 Å². The summed E-state index contributed by atoms with van der Waals surface area (Å²) in [7, 11) is 0. The molecule has 0 amide bonds. The predicted octanol–water partition coefficient (Wildman–Crippen LogP) is 3.39. The van der Waals surface area contributed by atoms with E-state index in [1.807, 2.05) is 38.1 Å². The molecule has 1 atom stereocenters. The van der Waals surface area contributed by atoms with E-state index < -0.39 is 6.10 Å². The zero-order valence-electron chi connectivity index (χ0n) is 10.8. The number of aliphatic hydroxyl groups is 1. The van der Waals surface area contributed by atoms with Crippen LogP contribution < -0.4 is 0 Å². The number of benzene rings is 1. The Kier molecular flexibility index (Phi) is 3.05. The van der Waals surface area contributed by atoms with Gasteiger partial charge in [-0.05, 0) is 30.9 Å². The van der Waals surface area contributed by atoms with Gasteiger partial charge >= 0.3 is 0 Å². The molecule has 3 nitrogen and oxygen atoms in total. The summed E-state index contributed by atoms with van der Waals surface area (Å²) in [6, 6.07) is 7.89. The maximum Gasteiger partial charge on any atom is 0.116 e. The summed E-state index contributed by atoms with van der Waals surface area (Å²) in [4.78, 5) is 9.45. The Morgan fingerprint density at radius 3 is 2.79 bits per heavy atom. The molecule has 0 aliphatic carbocycles. The van der Waals surface area contributed by atoms with Crippen molar-refractivity contribution in [2.45, 2.75) is 20.0 Å². The average molecular weight is 270 g/mol. The van der Waals surface area contributed by atoms with Crippen molar-refractivity contribution in [3.05, 3.63) is 57.8 Å². The molecule has 3 aromatic rings. The van der Waals surface area contributed by atoms with Crippen LogP contribution in [0.3, 0.4) is 0 Å². The van der Waals surface area contributed by atoms with Crippen molar-refractivity contribution in [2.24, 2.45) is 0 Å². The normalized spacial score (nSPS) is 12.8. The molecule has 2 heterocycles. The fraction of sp³-hybridized carbons (Fsp3) is 0.200. The molecule has 1 N–H and O–H groups in total. The van der Waals surface area contributed by atoms with Gasteiger partial charge in [0.15, 0.2) is 0 Å². The second kappa shape index (κ2) is 4.72. The zero-order valence-corrected chi connectivity index (χ0v) is 11.6. The van der Waals surface area contributed by atoms with Gasteiger partial charge in [-0.25, -0.2) is 4.98 Å². The van der Waals surface area contributed by atoms with Gasteiger partial charge in [0.05, 0.1) is 15.6 Å². The number of hydrogen-bond donors (Lipinski definition) is 1. The number of rotatable bonds is 2. The van der Waals surface area contributed by atoms with Crippen LogP contribution in [0.2, 0.25) is 0 Å². The van der Waals surface area contributed by atoms with Crippen LogP contribution in [0.1, 0.15) is 27.2 Å². The standard InChI is InChI=1S/C15H14N2OS/c1-9-15(19-10(2)17-9)14(18)12-5-3-4-11-6-7-16-8-13(11)12/h3-8,14,18H,1-2H3. The van der Waals surface area contributed by atoms with Gasteiger partial charge in [-0.15, -0.1) is 11.3 Å². The second-order valence-corrected chi connectivity index (χ2v) is 5.76. The third kappa shape index (κ3) is 2.13. The lowest BCUT2D eigenvalue weighted by Crippen LogP contribution is -2.00. The van der Waals surface area contributed by atoms with Crippen LogP contribution in [0, 0.1) is 13.8 Å². The molecule has 0 saturated heterocycles. The summed E-state index contributed by atoms with van der Waals surface area (Å²) >= 11 is 1.54. The van der Waals surface area contributed by atoms with Gasteiger partial charge in [0.1, 0.15) is 6.10 Å². The average Bonchev–Trinajstić information content (AvgIpc) is 2.76. The van der Waals surface area contributed by atoms with Crippen LogP contribution in [0.15, 0.2) is 36.7 Å². The highest BCUT2D eigenvalue weighted by Gasteiger charge is 2.18. The Bertz CT molecular complexity index is 731. The number of aliphatic hydroxyl groups excluding tert-OH is 1. The van der Waals surface area contributed by atoms with Gasteiger partial charge in [0.2, 0.25) is 0 Å². The first kappa shape index (κ1) is 12.3. The molecule has 0 aliphatic rings. The number of aryl methyl sites for hydroxylation is 2. The molecule has 3 rings (SSSR count). The molecular weight excluding hydrogens is 256 g/mol. The van der Waals surface area contributed by atoms with Crippen LogP contribution in [-0.2, 0) is 0 Å². The molecule has 0 aliphatic heterocycles. The molecule has 0 fully saturated rings. The Hall–Kier alpha value is -1.78. The zero-order chi connectivity index (χ0) is 13.4. The highest BCUT2D eigenvalue weighted by Crippen LogP contribution is 2.33. The van der Waals surface area contributed by atoms with E-state index in [4.69, 9.17) is 0 Å². The van der Waals surface area contributed by atoms with Gasteiger partial charge in [-0.2, -0.15) is 0 Å². The smallest absolute Gasteiger partial charge is 0.116 e. The minimum atomic E-state index is -0.640. The van der Waals surface area contributed by atoms with Crippen molar-refractivity contribution in [3.63, 3.8) is 0 Å². The van der Waals surface area contributed by atoms with E-state index in [2.05, 4.69) is 9.97 Å². The van der Waals surface area contributed by atoms with E-state index in [-0.39, 0.29) is 0 Å². The lowest BCUT2D eigenvalue weighted by atomic mass is 10.0. The summed E-state index contributed by atoms with van der Waals surface area (Å²) in [5.41, 5.74) is 1.79. The van der Waals surface area contributed by atoms with E-state index in [1.165, 1.54) is 0 Å². The van der Waals surface area contributed by atoms with Crippen LogP contribution in [0.25, 0.3) is 10.8 Å². The largest absolute Gasteiger partial charge is 0.383 e. The van der Waals surface area contributed by atoms with Crippen molar-refractivity contribution in [1.82, 2.24) is 9.97 Å². The van der Waals surface area contributed by atoms with Gasteiger partial charge in [-0.1, -0.05) is 18.2 Å². The fourth-order valence-corrected chi connectivity index (χ4v) is 3.25. The van der Waals surface area contributed by atoms with Crippen LogP contribution in [-0.4, -0.2) is 15.1 Å². The molecule has 0 radical (unpaired) electrons. The molecule has 1 aromatic carbocycles. The number of thiazole rings is 1. The maximum atomic E-state index is 10.6. The third-order valence-electron chi connectivity index (χ3n) is 3.20. The van der Waals surface area contributed by atoms with E-state index in [1.54, 1.807) is 23.7 Å². The molecule has 0 bridgehead atoms. The highest BCUT2D eigenvalue weighted by molar-refractivity contribution is 7.11. The minimum absolute atomic E-state index is 0.640. The van der Waals surface area contributed by atoms with Gasteiger partial charge in [-0.3, -0.25) is 4.98 Å². The van der Waals surface area contributed by atoms with E-state index in [9.17, 15) is 5.11 Å². The van der Waals surface area contributed by atoms with E-state index in [0.717, 1.165) is 31.9 Å². The second-order valence-electron chi connectivity index (χ2n) is 4.53. The molecule has 0 saturated carbocycles. The van der Waals surface area contributed by atoms with Crippen molar-refractivity contribution < 1.29 is 5.11 Å². The first-order valence-electron chi connectivity index (χ1n) is 6.11. The molecule has 2 aromatic heterocycles. The summed E-state index contributed by atoms with van der Waals surface area (Å²) in [5, 5.41) is 13.7. The summed E-state index contributed by atoms with van der Waals surface area (Å²) < 4.78 is 0. The van der Waals surface area contributed by atoms with Crippen LogP contribution in [0.4, 0.5) is 0 Å². The lowest BCUT2D eigenvalue weighted by Gasteiger charge is -2.12. The number of fused-ring (bicyclic) bond motifs is 1. The third-order valence-corrected chi connectivity index (χ3v) is 4.32. The Labute approximate surface area is 115 Å². The van der Waals surface area contributed by atoms with Crippen molar-refractivity contribution in [2.75, 3.05) is 0 Å². The molecule has 96 valence electrons. The predicted molar refractivity (Wildman–Crippen MR) is 77.4 cm³/mol. The Balaban J connectivity index is 2.16. The van der Waals surface area contributed by atoms with Crippen LogP contribution >= 0.6 is 11.3 Å². The minimum Gasteiger partial charge on any atom is -0.383 e. The number of hydrogen-bond acceptors (Lipinski definition) is 4. The molecule has 19 heavy (non-hydrogen) atoms. The summed E-state index contributed by atoms with van der Waals surface area (Å²) in [5.74, 6) is 0. The van der Waals surface area contributed by atoms with Gasteiger partial charge in [0.25, 0.3) is 0 Å². The highest BCUT2D eigenvalue weighted by atomic mass is 32.1. The van der Waals surface area contributed by atoms with Crippen molar-refractivity contribution in [3.8, 4) is 0 Å². The van der Waals surface area contributed by atoms with Gasteiger partial charge in [0, 0.05) is 17.8 Å². The topological polar surface area (TPSA) is 46.0 Å². The Morgan fingerprint density at radius 1 is 1.21 bits per heavy atom. The first-order chi connectivity index (χ1) is 9.16. The fourth-order valence-electron chi connectivity index (χ4n) is 2.32. The molecule has 4 heteroatoms. The molecule has 1 unspecified atom stereocenters. The summed E-state index contributed by atoms with van der Waals surface area (Å²) in [6.07, 6.45) is 2.93. The van der Waals surface area contributed by atoms with Crippen LogP contribution in [0.5, 0.6) is 0 Å². The van der Waals surface area contributed by atoms with Gasteiger partial charge < -0.3 is 5.11 Å². The lowest BCUT2D eigenvalue weighted by molar-refractivity contribution is 0.224. The van der Waals surface area contributed by atoms with Crippen molar-refractivity contribution >= 4 is 22.1 Å². The number of pyridine rings is 1. The summed E-state index contributed by atoms with van der Waals surface area (Å²) in [6.45, 7) is 3.89. The van der Waals surface area contributed by atoms with Crippen molar-refractivity contribution in [1.29, 1.82) is 0 Å². The maximum absolute atomic E-state index is 10.6. The molecule has 0 spiro atoms. The number of nitrogens with zero attached hydrogens (tertiary/aromatic N) is 2.